The van der Waals surface area contributed by atoms with Crippen molar-refractivity contribution in [3.05, 3.63) is 57.8 Å². The Morgan fingerprint density at radius 2 is 1.89 bits per heavy atom. The number of aliphatic hydroxyl groups excluding tert-OH is 1. The van der Waals surface area contributed by atoms with E-state index >= 15 is 0 Å². The quantitative estimate of drug-likeness (QED) is 0.873. The van der Waals surface area contributed by atoms with Gasteiger partial charge in [0.2, 0.25) is 0 Å². The smallest absolute Gasteiger partial charge is 0.0639 e. The summed E-state index contributed by atoms with van der Waals surface area (Å²) in [5.41, 5.74) is 2.63. The number of rotatable bonds is 6. The molecule has 0 aliphatic rings. The molecule has 2 nitrogen and oxygen atoms in total. The molecule has 3 heteroatoms. The van der Waals surface area contributed by atoms with Gasteiger partial charge in [0.1, 0.15) is 0 Å². The zero-order valence-electron chi connectivity index (χ0n) is 11.5. The molecule has 0 unspecified atom stereocenters. The summed E-state index contributed by atoms with van der Waals surface area (Å²) in [6, 6.07) is 12.6. The Balaban J connectivity index is 2.06. The topological polar surface area (TPSA) is 23.5 Å². The Labute approximate surface area is 119 Å². The first-order valence-electron chi connectivity index (χ1n) is 6.62. The summed E-state index contributed by atoms with van der Waals surface area (Å²) in [6.07, 6.45) is -0.302. The molecule has 0 amide bonds. The van der Waals surface area contributed by atoms with Crippen molar-refractivity contribution in [3.63, 3.8) is 0 Å². The van der Waals surface area contributed by atoms with E-state index in [2.05, 4.69) is 47.5 Å². The molecule has 1 aromatic carbocycles. The predicted octanol–water partition coefficient (Wildman–Crippen LogP) is 3.44. The molecule has 0 fully saturated rings. The lowest BCUT2D eigenvalue weighted by molar-refractivity contribution is 0.118. The molecule has 0 aliphatic carbocycles. The van der Waals surface area contributed by atoms with E-state index in [0.29, 0.717) is 6.54 Å². The molecule has 2 aromatic rings. The zero-order chi connectivity index (χ0) is 13.7. The van der Waals surface area contributed by atoms with Crippen LogP contribution in [0, 0.1) is 6.92 Å². The number of nitrogens with zero attached hydrogens (tertiary/aromatic N) is 1. The highest BCUT2D eigenvalue weighted by atomic mass is 32.1. The lowest BCUT2D eigenvalue weighted by Crippen LogP contribution is -2.30. The average Bonchev–Trinajstić information content (AvgIpc) is 2.75. The van der Waals surface area contributed by atoms with Crippen molar-refractivity contribution in [2.75, 3.05) is 6.54 Å². The molecule has 0 radical (unpaired) electrons. The van der Waals surface area contributed by atoms with Gasteiger partial charge in [-0.1, -0.05) is 30.3 Å². The van der Waals surface area contributed by atoms with Crippen LogP contribution < -0.4 is 0 Å². The van der Waals surface area contributed by atoms with Crippen molar-refractivity contribution < 1.29 is 5.11 Å². The van der Waals surface area contributed by atoms with Crippen molar-refractivity contribution in [2.24, 2.45) is 0 Å². The highest BCUT2D eigenvalue weighted by Gasteiger charge is 2.11. The van der Waals surface area contributed by atoms with Crippen LogP contribution in [0.15, 0.2) is 41.8 Å². The van der Waals surface area contributed by atoms with E-state index in [-0.39, 0.29) is 6.10 Å². The highest BCUT2D eigenvalue weighted by molar-refractivity contribution is 7.10. The second-order valence-corrected chi connectivity index (χ2v) is 6.03. The SMILES string of the molecule is Cc1ccsc1CN(Cc1ccccc1)C[C@H](C)O. The number of aryl methyl sites for hydroxylation is 1. The predicted molar refractivity (Wildman–Crippen MR) is 81.3 cm³/mol. The van der Waals surface area contributed by atoms with Gasteiger partial charge in [0.25, 0.3) is 0 Å². The van der Waals surface area contributed by atoms with Gasteiger partial charge >= 0.3 is 0 Å². The number of hydrogen-bond acceptors (Lipinski definition) is 3. The van der Waals surface area contributed by atoms with Crippen LogP contribution in [0.1, 0.15) is 22.9 Å². The second-order valence-electron chi connectivity index (χ2n) is 5.03. The van der Waals surface area contributed by atoms with Gasteiger partial charge in [-0.3, -0.25) is 4.90 Å². The first kappa shape index (κ1) is 14.3. The van der Waals surface area contributed by atoms with Crippen LogP contribution in [0.4, 0.5) is 0 Å². The summed E-state index contributed by atoms with van der Waals surface area (Å²) in [7, 11) is 0. The molecule has 0 aliphatic heterocycles. The lowest BCUT2D eigenvalue weighted by atomic mass is 10.2. The van der Waals surface area contributed by atoms with Crippen LogP contribution in [0.2, 0.25) is 0 Å². The van der Waals surface area contributed by atoms with Gasteiger partial charge in [-0.2, -0.15) is 0 Å². The lowest BCUT2D eigenvalue weighted by Gasteiger charge is -2.23. The second kappa shape index (κ2) is 6.85. The monoisotopic (exact) mass is 275 g/mol. The maximum atomic E-state index is 9.66. The van der Waals surface area contributed by atoms with Gasteiger partial charge in [0, 0.05) is 24.5 Å². The molecule has 19 heavy (non-hydrogen) atoms. The minimum atomic E-state index is -0.302. The Morgan fingerprint density at radius 3 is 2.47 bits per heavy atom. The van der Waals surface area contributed by atoms with Crippen LogP contribution >= 0.6 is 11.3 Å². The molecule has 1 heterocycles. The Morgan fingerprint density at radius 1 is 1.16 bits per heavy atom. The third-order valence-corrected chi connectivity index (χ3v) is 4.11. The number of hydrogen-bond donors (Lipinski definition) is 1. The number of aliphatic hydroxyl groups is 1. The van der Waals surface area contributed by atoms with Gasteiger partial charge in [-0.15, -0.1) is 11.3 Å². The summed E-state index contributed by atoms with van der Waals surface area (Å²) in [5, 5.41) is 11.8. The maximum Gasteiger partial charge on any atom is 0.0639 e. The molecule has 0 saturated heterocycles. The summed E-state index contributed by atoms with van der Waals surface area (Å²) in [6.45, 7) is 6.48. The largest absolute Gasteiger partial charge is 0.392 e. The van der Waals surface area contributed by atoms with Gasteiger partial charge in [0.05, 0.1) is 6.10 Å². The molecular formula is C16H21NOS. The van der Waals surface area contributed by atoms with E-state index in [9.17, 15) is 5.11 Å². The van der Waals surface area contributed by atoms with Crippen molar-refractivity contribution in [1.29, 1.82) is 0 Å². The average molecular weight is 275 g/mol. The first-order valence-corrected chi connectivity index (χ1v) is 7.50. The van der Waals surface area contributed by atoms with Crippen molar-refractivity contribution in [1.82, 2.24) is 4.90 Å². The molecule has 1 N–H and O–H groups in total. The third kappa shape index (κ3) is 4.46. The summed E-state index contributed by atoms with van der Waals surface area (Å²) < 4.78 is 0. The Bertz CT molecular complexity index is 492. The standard InChI is InChI=1S/C16H21NOS/c1-13-8-9-19-16(13)12-17(10-14(2)18)11-15-6-4-3-5-7-15/h3-9,14,18H,10-12H2,1-2H3/t14-/m0/s1. The van der Waals surface area contributed by atoms with E-state index in [1.807, 2.05) is 13.0 Å². The zero-order valence-corrected chi connectivity index (χ0v) is 12.4. The Kier molecular flexibility index (Phi) is 5.14. The van der Waals surface area contributed by atoms with Gasteiger partial charge in [-0.05, 0) is 36.4 Å². The van der Waals surface area contributed by atoms with Crippen molar-refractivity contribution >= 4 is 11.3 Å². The summed E-state index contributed by atoms with van der Waals surface area (Å²) >= 11 is 1.79. The van der Waals surface area contributed by atoms with E-state index in [0.717, 1.165) is 13.1 Å². The van der Waals surface area contributed by atoms with Crippen LogP contribution in [0.5, 0.6) is 0 Å². The Hall–Kier alpha value is -1.16. The highest BCUT2D eigenvalue weighted by Crippen LogP contribution is 2.19. The van der Waals surface area contributed by atoms with Gasteiger partial charge < -0.3 is 5.11 Å². The summed E-state index contributed by atoms with van der Waals surface area (Å²) in [4.78, 5) is 3.69. The van der Waals surface area contributed by atoms with Crippen LogP contribution in [0.3, 0.4) is 0 Å². The molecule has 0 bridgehead atoms. The van der Waals surface area contributed by atoms with Gasteiger partial charge in [-0.25, -0.2) is 0 Å². The van der Waals surface area contributed by atoms with Crippen molar-refractivity contribution in [3.8, 4) is 0 Å². The molecule has 102 valence electrons. The molecular weight excluding hydrogens is 254 g/mol. The minimum Gasteiger partial charge on any atom is -0.392 e. The normalized spacial score (nSPS) is 12.8. The fraction of sp³-hybridized carbons (Fsp3) is 0.375. The molecule has 2 rings (SSSR count). The van der Waals surface area contributed by atoms with Crippen LogP contribution in [-0.4, -0.2) is 22.7 Å². The third-order valence-electron chi connectivity index (χ3n) is 3.11. The van der Waals surface area contributed by atoms with E-state index in [4.69, 9.17) is 0 Å². The summed E-state index contributed by atoms with van der Waals surface area (Å²) in [5.74, 6) is 0. The van der Waals surface area contributed by atoms with E-state index in [1.165, 1.54) is 16.0 Å². The van der Waals surface area contributed by atoms with Gasteiger partial charge in [0.15, 0.2) is 0 Å². The maximum absolute atomic E-state index is 9.66. The molecule has 0 spiro atoms. The fourth-order valence-corrected chi connectivity index (χ4v) is 3.12. The minimum absolute atomic E-state index is 0.302. The molecule has 1 atom stereocenters. The van der Waals surface area contributed by atoms with Crippen LogP contribution in [-0.2, 0) is 13.1 Å². The fourth-order valence-electron chi connectivity index (χ4n) is 2.17. The van der Waals surface area contributed by atoms with E-state index < -0.39 is 0 Å². The van der Waals surface area contributed by atoms with E-state index in [1.54, 1.807) is 11.3 Å². The number of benzene rings is 1. The molecule has 1 aromatic heterocycles. The van der Waals surface area contributed by atoms with Crippen molar-refractivity contribution in [2.45, 2.75) is 33.0 Å². The first-order chi connectivity index (χ1) is 9.15. The van der Waals surface area contributed by atoms with Crippen LogP contribution in [0.25, 0.3) is 0 Å². The molecule has 0 saturated carbocycles. The number of thiophene rings is 1.